The maximum Gasteiger partial charge on any atom is 0.470 e. The Morgan fingerprint density at radius 2 is 1.70 bits per heavy atom. The van der Waals surface area contributed by atoms with Crippen molar-refractivity contribution in [2.24, 2.45) is 28.6 Å². The number of ketones is 4. The lowest BCUT2D eigenvalue weighted by molar-refractivity contribution is -0.200. The van der Waals surface area contributed by atoms with Crippen LogP contribution in [-0.2, 0) is 69.8 Å². The van der Waals surface area contributed by atoms with Crippen LogP contribution in [0.1, 0.15) is 107 Å². The van der Waals surface area contributed by atoms with Gasteiger partial charge in [0.05, 0.1) is 18.2 Å². The number of phosphoric ester groups is 1. The van der Waals surface area contributed by atoms with Crippen LogP contribution in [0.2, 0.25) is 0 Å². The van der Waals surface area contributed by atoms with Gasteiger partial charge in [-0.2, -0.15) is 9.59 Å². The standard InChI is InChI=1S/C47H56NO14P.CO2/c1-4-32(49)13-16-41(54)48-36(15-17-42(55)56)37(51)22-29-7-5-6-28(21-29)20-27-8-10-30(11-9-27)44-61-40-24-35-34-14-12-31-23-33(50)18-19-45(31,2)43(34)38(52)25-46(35,3)47(40,62-44)39(53)26-60-63(57,58)59;2-1-3/h5-11,18-19,21,23,34-36,38,40,43-44,52H,4,12-17,20,22,24-26H2,1-3H3,(H,48,54)(H,55,56)(H2,57,58,59);/t34-,35-,36-,38-,40+,43+,44+,45-,46-,47+;/m0./s1. The summed E-state index contributed by atoms with van der Waals surface area (Å²) < 4.78 is 30.0. The van der Waals surface area contributed by atoms with E-state index >= 15 is 0 Å². The van der Waals surface area contributed by atoms with Gasteiger partial charge in [-0.25, -0.2) is 4.57 Å². The van der Waals surface area contributed by atoms with Crippen LogP contribution in [0.25, 0.3) is 0 Å². The molecule has 2 aromatic rings. The van der Waals surface area contributed by atoms with E-state index in [0.717, 1.165) is 16.7 Å². The molecule has 0 unspecified atom stereocenters. The summed E-state index contributed by atoms with van der Waals surface area (Å²) in [7, 11) is -5.03. The highest BCUT2D eigenvalue weighted by Gasteiger charge is 2.76. The van der Waals surface area contributed by atoms with Crippen molar-refractivity contribution in [2.75, 3.05) is 6.61 Å². The number of carbonyl (C=O) groups excluding carboxylic acids is 7. The largest absolute Gasteiger partial charge is 0.481 e. The maximum atomic E-state index is 14.4. The molecule has 5 N–H and O–H groups in total. The molecule has 5 aliphatic rings. The summed E-state index contributed by atoms with van der Waals surface area (Å²) in [6.45, 7) is 4.74. The molecule has 17 nitrogen and oxygen atoms in total. The molecule has 0 bridgehead atoms. The quantitative estimate of drug-likeness (QED) is 0.127. The summed E-state index contributed by atoms with van der Waals surface area (Å²) in [6, 6.07) is 13.8. The number of nitrogens with one attached hydrogen (secondary N) is 1. The lowest BCUT2D eigenvalue weighted by Crippen LogP contribution is -2.63. The molecule has 354 valence electrons. The molecule has 1 saturated heterocycles. The molecule has 1 amide bonds. The molecule has 0 spiro atoms. The number of hydrogen-bond donors (Lipinski definition) is 5. The monoisotopic (exact) mass is 933 g/mol. The van der Waals surface area contributed by atoms with Crippen LogP contribution in [-0.4, -0.2) is 91.6 Å². The first-order valence-electron chi connectivity index (χ1n) is 22.1. The van der Waals surface area contributed by atoms with Gasteiger partial charge in [0, 0.05) is 54.4 Å². The van der Waals surface area contributed by atoms with Crippen LogP contribution >= 0.6 is 7.82 Å². The Morgan fingerprint density at radius 1 is 1.00 bits per heavy atom. The third kappa shape index (κ3) is 10.5. The van der Waals surface area contributed by atoms with E-state index in [4.69, 9.17) is 23.6 Å². The zero-order chi connectivity index (χ0) is 48.2. The summed E-state index contributed by atoms with van der Waals surface area (Å²) in [5.41, 5.74) is 0.808. The number of aliphatic hydroxyl groups excluding tert-OH is 1. The summed E-state index contributed by atoms with van der Waals surface area (Å²) in [6.07, 6.45) is 4.83. The van der Waals surface area contributed by atoms with Gasteiger partial charge in [-0.05, 0) is 79.2 Å². The number of Topliss-reactive ketones (excluding diaryl/α,β-unsaturated/α-hetero) is 3. The molecule has 0 aromatic heterocycles. The molecule has 1 heterocycles. The second-order valence-corrected chi connectivity index (χ2v) is 19.6. The molecule has 4 fully saturated rings. The number of aliphatic carboxylic acids is 1. The lowest BCUT2D eigenvalue weighted by Gasteiger charge is -2.59. The topological polar surface area (TPSA) is 274 Å². The first-order chi connectivity index (χ1) is 31.2. The normalized spacial score (nSPS) is 29.9. The number of allylic oxidation sites excluding steroid dienone is 4. The molecule has 3 saturated carbocycles. The molecular formula is C48H56NO16P. The summed E-state index contributed by atoms with van der Waals surface area (Å²) in [5.74, 6) is -3.23. The summed E-state index contributed by atoms with van der Waals surface area (Å²) in [4.78, 5) is 111. The van der Waals surface area contributed by atoms with Gasteiger partial charge in [0.25, 0.3) is 0 Å². The van der Waals surface area contributed by atoms with Gasteiger partial charge in [-0.1, -0.05) is 81.0 Å². The Morgan fingerprint density at radius 3 is 2.36 bits per heavy atom. The van der Waals surface area contributed by atoms with E-state index in [2.05, 4.69) is 5.32 Å². The van der Waals surface area contributed by atoms with Gasteiger partial charge in [0.2, 0.25) is 5.91 Å². The molecule has 2 aromatic carbocycles. The van der Waals surface area contributed by atoms with Gasteiger partial charge >= 0.3 is 19.9 Å². The smallest absolute Gasteiger partial charge is 0.470 e. The van der Waals surface area contributed by atoms with Crippen LogP contribution in [0.15, 0.2) is 72.3 Å². The lowest BCUT2D eigenvalue weighted by atomic mass is 9.46. The number of carboxylic acid groups (broad SMARTS) is 1. The second kappa shape index (κ2) is 20.4. The van der Waals surface area contributed by atoms with Crippen molar-refractivity contribution in [2.45, 2.75) is 122 Å². The molecule has 66 heavy (non-hydrogen) atoms. The van der Waals surface area contributed by atoms with Crippen LogP contribution in [0, 0.1) is 28.6 Å². The third-order valence-corrected chi connectivity index (χ3v) is 14.9. The first-order valence-corrected chi connectivity index (χ1v) is 23.6. The van der Waals surface area contributed by atoms with Crippen molar-refractivity contribution in [1.29, 1.82) is 0 Å². The highest BCUT2D eigenvalue weighted by molar-refractivity contribution is 7.46. The Hall–Kier alpha value is -5.09. The molecule has 1 aliphatic heterocycles. The van der Waals surface area contributed by atoms with Crippen LogP contribution in [0.3, 0.4) is 0 Å². The number of carboxylic acids is 1. The number of hydrogen-bond acceptors (Lipinski definition) is 13. The van der Waals surface area contributed by atoms with E-state index in [-0.39, 0.29) is 79.8 Å². The number of phosphoric acid groups is 1. The second-order valence-electron chi connectivity index (χ2n) is 18.4. The first kappa shape index (κ1) is 50.3. The number of ether oxygens (including phenoxy) is 2. The van der Waals surface area contributed by atoms with Crippen molar-refractivity contribution in [3.05, 3.63) is 94.6 Å². The fraction of sp³-hybridized carbons (Fsp3) is 0.521. The van der Waals surface area contributed by atoms with Crippen LogP contribution in [0.5, 0.6) is 0 Å². The number of amides is 1. The fourth-order valence-corrected chi connectivity index (χ4v) is 11.7. The van der Waals surface area contributed by atoms with E-state index in [0.29, 0.717) is 43.2 Å². The van der Waals surface area contributed by atoms with Gasteiger partial charge in [0.1, 0.15) is 12.4 Å². The predicted octanol–water partition coefficient (Wildman–Crippen LogP) is 4.63. The van der Waals surface area contributed by atoms with Gasteiger partial charge < -0.3 is 34.8 Å². The SMILES string of the molecule is CCC(=O)CCC(=O)N[C@@H](CCC(=O)O)C(=O)Cc1cccc(Cc2ccc([C@@H]3O[C@@H]4C[C@H]5[C@@H]6CCC7=CC(=O)C=C[C@]7(C)[C@H]6[C@@H](O)C[C@]5(C)[C@]4(C(=O)COP(=O)(O)O)O3)cc2)c1.O=C=O. The minimum Gasteiger partial charge on any atom is -0.481 e. The highest BCUT2D eigenvalue weighted by Crippen LogP contribution is 2.70. The molecule has 0 radical (unpaired) electrons. The zero-order valence-corrected chi connectivity index (χ0v) is 37.9. The molecule has 7 rings (SSSR count). The van der Waals surface area contributed by atoms with E-state index in [1.54, 1.807) is 25.1 Å². The van der Waals surface area contributed by atoms with Crippen LogP contribution < -0.4 is 5.32 Å². The minimum atomic E-state index is -5.03. The van der Waals surface area contributed by atoms with E-state index in [1.807, 2.05) is 62.4 Å². The van der Waals surface area contributed by atoms with Crippen molar-refractivity contribution in [3.8, 4) is 0 Å². The minimum absolute atomic E-state index is 0.0404. The van der Waals surface area contributed by atoms with E-state index in [9.17, 15) is 53.3 Å². The van der Waals surface area contributed by atoms with Crippen LogP contribution in [0.4, 0.5) is 0 Å². The Kier molecular flexibility index (Phi) is 15.6. The molecule has 10 atom stereocenters. The molecular weight excluding hydrogens is 877 g/mol. The highest BCUT2D eigenvalue weighted by atomic mass is 31.2. The number of aliphatic hydroxyl groups is 1. The van der Waals surface area contributed by atoms with E-state index < -0.39 is 73.1 Å². The van der Waals surface area contributed by atoms with Gasteiger partial charge in [0.15, 0.2) is 29.2 Å². The Balaban J connectivity index is 0.00000234. The Bertz CT molecular complexity index is 2370. The summed E-state index contributed by atoms with van der Waals surface area (Å²) >= 11 is 0. The van der Waals surface area contributed by atoms with Crippen molar-refractivity contribution in [3.63, 3.8) is 0 Å². The fourth-order valence-electron chi connectivity index (χ4n) is 11.4. The van der Waals surface area contributed by atoms with Gasteiger partial charge in [-0.3, -0.25) is 33.3 Å². The number of rotatable bonds is 18. The average Bonchev–Trinajstić information content (AvgIpc) is 3.76. The maximum absolute atomic E-state index is 14.4. The number of fused-ring (bicyclic) bond motifs is 7. The molecule has 4 aliphatic carbocycles. The van der Waals surface area contributed by atoms with Crippen molar-refractivity contribution in [1.82, 2.24) is 5.32 Å². The van der Waals surface area contributed by atoms with Crippen molar-refractivity contribution < 1.29 is 76.9 Å². The van der Waals surface area contributed by atoms with E-state index in [1.165, 1.54) is 0 Å². The predicted molar refractivity (Wildman–Crippen MR) is 231 cm³/mol. The number of benzene rings is 2. The Labute approximate surface area is 381 Å². The summed E-state index contributed by atoms with van der Waals surface area (Å²) in [5, 5.41) is 23.9. The molecule has 18 heteroatoms. The van der Waals surface area contributed by atoms with Gasteiger partial charge in [-0.15, -0.1) is 0 Å². The average molecular weight is 934 g/mol. The van der Waals surface area contributed by atoms with Crippen molar-refractivity contribution >= 4 is 49.0 Å². The third-order valence-electron chi connectivity index (χ3n) is 14.4. The number of carbonyl (C=O) groups is 6. The zero-order valence-electron chi connectivity index (χ0n) is 37.0.